The largest absolute Gasteiger partial charge is 0.256 e. The standard InChI is InChI=1S/C41H28N2/c42-27-28-22-23-43-39(24-28)30-20-21-35-37(25-30)41(31-14-6-2-7-15-31,32-16-8-3-9-17-32)38-26-36(29-12-4-1-5-13-29)33-18-10-11-19-34(33)40(35)38/h1-9,11-17,19-26H,10,18H2. The molecule has 2 nitrogen and oxygen atoms in total. The molecule has 43 heavy (non-hydrogen) atoms. The number of hydrogen-bond donors (Lipinski definition) is 0. The number of aromatic nitrogens is 1. The van der Waals surface area contributed by atoms with Gasteiger partial charge in [0.05, 0.1) is 22.7 Å². The molecule has 0 saturated heterocycles. The molecular formula is C41H28N2. The normalized spacial score (nSPS) is 13.9. The second-order valence-electron chi connectivity index (χ2n) is 11.3. The van der Waals surface area contributed by atoms with E-state index in [2.05, 4.69) is 138 Å². The van der Waals surface area contributed by atoms with Gasteiger partial charge in [-0.05, 0) is 92.7 Å². The summed E-state index contributed by atoms with van der Waals surface area (Å²) in [5, 5.41) is 9.61. The highest BCUT2D eigenvalue weighted by molar-refractivity contribution is 5.96. The van der Waals surface area contributed by atoms with Crippen molar-refractivity contribution in [2.24, 2.45) is 0 Å². The fourth-order valence-corrected chi connectivity index (χ4v) is 7.29. The molecule has 1 aromatic heterocycles. The number of benzene rings is 5. The molecule has 0 spiro atoms. The van der Waals surface area contributed by atoms with Crippen LogP contribution in [-0.2, 0) is 11.8 Å². The van der Waals surface area contributed by atoms with E-state index in [1.807, 2.05) is 6.07 Å². The molecule has 0 saturated carbocycles. The van der Waals surface area contributed by atoms with Gasteiger partial charge in [0.1, 0.15) is 0 Å². The maximum Gasteiger partial charge on any atom is 0.0992 e. The first-order chi connectivity index (χ1) is 21.3. The Morgan fingerprint density at radius 3 is 2.05 bits per heavy atom. The Kier molecular flexibility index (Phi) is 5.91. The van der Waals surface area contributed by atoms with Crippen LogP contribution in [0.5, 0.6) is 0 Å². The van der Waals surface area contributed by atoms with Crippen LogP contribution < -0.4 is 0 Å². The van der Waals surface area contributed by atoms with Gasteiger partial charge in [0, 0.05) is 11.8 Å². The van der Waals surface area contributed by atoms with Crippen molar-refractivity contribution in [3.05, 3.63) is 179 Å². The Bertz CT molecular complexity index is 2030. The predicted molar refractivity (Wildman–Crippen MR) is 174 cm³/mol. The molecule has 2 aliphatic carbocycles. The molecule has 6 aromatic rings. The van der Waals surface area contributed by atoms with Crippen LogP contribution in [0.3, 0.4) is 0 Å². The lowest BCUT2D eigenvalue weighted by atomic mass is 9.66. The summed E-state index contributed by atoms with van der Waals surface area (Å²) >= 11 is 0. The molecule has 8 rings (SSSR count). The summed E-state index contributed by atoms with van der Waals surface area (Å²) in [7, 11) is 0. The molecule has 5 aromatic carbocycles. The zero-order valence-electron chi connectivity index (χ0n) is 23.7. The highest BCUT2D eigenvalue weighted by Crippen LogP contribution is 2.59. The van der Waals surface area contributed by atoms with Crippen molar-refractivity contribution >= 4 is 6.08 Å². The van der Waals surface area contributed by atoms with Crippen molar-refractivity contribution in [1.82, 2.24) is 4.98 Å². The Balaban J connectivity index is 1.53. The predicted octanol–water partition coefficient (Wildman–Crippen LogP) is 9.61. The molecule has 0 radical (unpaired) electrons. The van der Waals surface area contributed by atoms with Crippen molar-refractivity contribution < 1.29 is 0 Å². The van der Waals surface area contributed by atoms with E-state index in [-0.39, 0.29) is 0 Å². The monoisotopic (exact) mass is 548 g/mol. The highest BCUT2D eigenvalue weighted by Gasteiger charge is 2.47. The molecule has 2 aliphatic rings. The summed E-state index contributed by atoms with van der Waals surface area (Å²) in [6.07, 6.45) is 8.47. The zero-order valence-corrected chi connectivity index (χ0v) is 23.7. The Morgan fingerprint density at radius 2 is 1.35 bits per heavy atom. The van der Waals surface area contributed by atoms with Crippen molar-refractivity contribution in [1.29, 1.82) is 5.26 Å². The van der Waals surface area contributed by atoms with Crippen LogP contribution in [0.2, 0.25) is 0 Å². The van der Waals surface area contributed by atoms with E-state index in [9.17, 15) is 5.26 Å². The minimum Gasteiger partial charge on any atom is -0.256 e. The van der Waals surface area contributed by atoms with Gasteiger partial charge in [0.25, 0.3) is 0 Å². The van der Waals surface area contributed by atoms with Crippen molar-refractivity contribution in [2.45, 2.75) is 18.3 Å². The average molecular weight is 549 g/mol. The quantitative estimate of drug-likeness (QED) is 0.220. The van der Waals surface area contributed by atoms with E-state index >= 15 is 0 Å². The van der Waals surface area contributed by atoms with E-state index in [1.54, 1.807) is 12.3 Å². The molecule has 0 aliphatic heterocycles. The summed E-state index contributed by atoms with van der Waals surface area (Å²) in [6, 6.07) is 47.9. The maximum atomic E-state index is 9.61. The Hall–Kier alpha value is -5.52. The first-order valence-electron chi connectivity index (χ1n) is 14.8. The third-order valence-corrected chi connectivity index (χ3v) is 9.10. The Labute approximate surface area is 252 Å². The van der Waals surface area contributed by atoms with E-state index in [0.29, 0.717) is 5.56 Å². The van der Waals surface area contributed by atoms with Crippen LogP contribution >= 0.6 is 0 Å². The van der Waals surface area contributed by atoms with E-state index < -0.39 is 5.41 Å². The first kappa shape index (κ1) is 25.2. The summed E-state index contributed by atoms with van der Waals surface area (Å²) in [6.45, 7) is 0. The number of fused-ring (bicyclic) bond motifs is 5. The molecule has 1 heterocycles. The third-order valence-electron chi connectivity index (χ3n) is 9.10. The van der Waals surface area contributed by atoms with Gasteiger partial charge in [0.2, 0.25) is 0 Å². The molecular weight excluding hydrogens is 520 g/mol. The van der Waals surface area contributed by atoms with Gasteiger partial charge in [0.15, 0.2) is 0 Å². The SMILES string of the molecule is N#Cc1ccnc(-c2ccc3c(c2)C(c2ccccc2)(c2ccccc2)c2cc(-c4ccccc4)c4c(c2-3)C=CCC4)c1. The molecule has 0 N–H and O–H groups in total. The van der Waals surface area contributed by atoms with Gasteiger partial charge < -0.3 is 0 Å². The van der Waals surface area contributed by atoms with Gasteiger partial charge in [-0.1, -0.05) is 115 Å². The number of nitriles is 1. The molecule has 0 bridgehead atoms. The van der Waals surface area contributed by atoms with Gasteiger partial charge in [-0.15, -0.1) is 0 Å². The number of allylic oxidation sites excluding steroid dienone is 1. The van der Waals surface area contributed by atoms with Crippen LogP contribution in [0, 0.1) is 11.3 Å². The minimum atomic E-state index is -0.542. The average Bonchev–Trinajstić information content (AvgIpc) is 3.39. The highest BCUT2D eigenvalue weighted by atomic mass is 14.7. The summed E-state index contributed by atoms with van der Waals surface area (Å²) in [5.41, 5.74) is 14.8. The molecule has 202 valence electrons. The van der Waals surface area contributed by atoms with Crippen LogP contribution in [0.4, 0.5) is 0 Å². The smallest absolute Gasteiger partial charge is 0.0992 e. The topological polar surface area (TPSA) is 36.7 Å². The summed E-state index contributed by atoms with van der Waals surface area (Å²) < 4.78 is 0. The Morgan fingerprint density at radius 1 is 0.651 bits per heavy atom. The molecule has 2 heteroatoms. The fourth-order valence-electron chi connectivity index (χ4n) is 7.29. The van der Waals surface area contributed by atoms with E-state index in [4.69, 9.17) is 0 Å². The number of pyridine rings is 1. The molecule has 0 amide bonds. The van der Waals surface area contributed by atoms with Crippen LogP contribution in [-0.4, -0.2) is 4.98 Å². The lowest BCUT2D eigenvalue weighted by molar-refractivity contribution is 0.768. The van der Waals surface area contributed by atoms with Crippen molar-refractivity contribution in [2.75, 3.05) is 0 Å². The number of nitrogens with zero attached hydrogens (tertiary/aromatic N) is 2. The fraction of sp³-hybridized carbons (Fsp3) is 0.0732. The van der Waals surface area contributed by atoms with Gasteiger partial charge in [-0.2, -0.15) is 5.26 Å². The van der Waals surface area contributed by atoms with Crippen LogP contribution in [0.15, 0.2) is 140 Å². The minimum absolute atomic E-state index is 0.542. The lowest BCUT2D eigenvalue weighted by Crippen LogP contribution is -2.29. The third kappa shape index (κ3) is 3.83. The molecule has 0 atom stereocenters. The van der Waals surface area contributed by atoms with Gasteiger partial charge >= 0.3 is 0 Å². The second-order valence-corrected chi connectivity index (χ2v) is 11.3. The van der Waals surface area contributed by atoms with E-state index in [1.165, 1.54) is 55.6 Å². The van der Waals surface area contributed by atoms with Crippen LogP contribution in [0.1, 0.15) is 45.4 Å². The maximum absolute atomic E-state index is 9.61. The van der Waals surface area contributed by atoms with Crippen LogP contribution in [0.25, 0.3) is 39.6 Å². The number of hydrogen-bond acceptors (Lipinski definition) is 2. The number of rotatable bonds is 4. The molecule has 0 fully saturated rings. The van der Waals surface area contributed by atoms with Crippen molar-refractivity contribution in [3.63, 3.8) is 0 Å². The van der Waals surface area contributed by atoms with Crippen molar-refractivity contribution in [3.8, 4) is 39.6 Å². The van der Waals surface area contributed by atoms with Gasteiger partial charge in [-0.3, -0.25) is 4.98 Å². The first-order valence-corrected chi connectivity index (χ1v) is 14.8. The summed E-state index contributed by atoms with van der Waals surface area (Å²) in [5.74, 6) is 0. The molecule has 0 unspecified atom stereocenters. The lowest BCUT2D eigenvalue weighted by Gasteiger charge is -2.35. The zero-order chi connectivity index (χ0) is 28.8. The van der Waals surface area contributed by atoms with E-state index in [0.717, 1.165) is 24.1 Å². The summed E-state index contributed by atoms with van der Waals surface area (Å²) in [4.78, 5) is 4.69. The second kappa shape index (κ2) is 10.1. The van der Waals surface area contributed by atoms with Gasteiger partial charge in [-0.25, -0.2) is 0 Å².